The fraction of sp³-hybridized carbons (Fsp3) is 0.579. The molecule has 24 heavy (non-hydrogen) atoms. The van der Waals surface area contributed by atoms with Crippen molar-refractivity contribution in [1.29, 1.82) is 0 Å². The number of carbonyl (C=O) groups excluding carboxylic acids is 2. The third-order valence-corrected chi connectivity index (χ3v) is 5.18. The van der Waals surface area contributed by atoms with Gasteiger partial charge >= 0.3 is 6.03 Å². The summed E-state index contributed by atoms with van der Waals surface area (Å²) in [6.45, 7) is 2.15. The predicted octanol–water partition coefficient (Wildman–Crippen LogP) is 2.79. The van der Waals surface area contributed by atoms with E-state index in [0.717, 1.165) is 25.1 Å². The van der Waals surface area contributed by atoms with Gasteiger partial charge in [0.15, 0.2) is 0 Å². The Morgan fingerprint density at radius 2 is 2.04 bits per heavy atom. The molecule has 2 aliphatic rings. The maximum atomic E-state index is 12.6. The van der Waals surface area contributed by atoms with Crippen LogP contribution in [-0.2, 0) is 4.79 Å². The fourth-order valence-electron chi connectivity index (χ4n) is 3.44. The maximum Gasteiger partial charge on any atom is 0.317 e. The highest BCUT2D eigenvalue weighted by atomic mass is 16.2. The summed E-state index contributed by atoms with van der Waals surface area (Å²) < 4.78 is 0. The molecule has 1 N–H and O–H groups in total. The highest BCUT2D eigenvalue weighted by molar-refractivity contribution is 5.78. The maximum absolute atomic E-state index is 12.6. The van der Waals surface area contributed by atoms with Crippen LogP contribution in [0.4, 0.5) is 4.79 Å². The van der Waals surface area contributed by atoms with Crippen molar-refractivity contribution in [1.82, 2.24) is 15.1 Å². The minimum absolute atomic E-state index is 0.0533. The number of carbonyl (C=O) groups is 2. The fourth-order valence-corrected chi connectivity index (χ4v) is 3.44. The summed E-state index contributed by atoms with van der Waals surface area (Å²) >= 11 is 0. The zero-order chi connectivity index (χ0) is 16.9. The van der Waals surface area contributed by atoms with E-state index in [1.165, 1.54) is 19.3 Å². The smallest absolute Gasteiger partial charge is 0.317 e. The second-order valence-electron chi connectivity index (χ2n) is 7.03. The van der Waals surface area contributed by atoms with E-state index in [2.05, 4.69) is 5.32 Å². The van der Waals surface area contributed by atoms with Crippen molar-refractivity contribution in [3.05, 3.63) is 35.9 Å². The minimum Gasteiger partial charge on any atom is -0.340 e. The standard InChI is InChI=1S/C19H27N3O2/c1-21(13-15-7-5-8-15)19(24)20-17(16-9-3-2-4-10-16)14-22-12-6-11-18(22)23/h2-4,9-10,15,17H,5-8,11-14H2,1H3,(H,20,24)/t17-/m1/s1. The molecule has 1 heterocycles. The average molecular weight is 329 g/mol. The second kappa shape index (κ2) is 7.69. The van der Waals surface area contributed by atoms with E-state index in [1.807, 2.05) is 42.3 Å². The molecule has 1 aromatic carbocycles. The first-order chi connectivity index (χ1) is 11.6. The van der Waals surface area contributed by atoms with Gasteiger partial charge in [0.05, 0.1) is 6.04 Å². The highest BCUT2D eigenvalue weighted by Crippen LogP contribution is 2.27. The monoisotopic (exact) mass is 329 g/mol. The lowest BCUT2D eigenvalue weighted by molar-refractivity contribution is -0.128. The summed E-state index contributed by atoms with van der Waals surface area (Å²) in [6, 6.07) is 9.71. The zero-order valence-corrected chi connectivity index (χ0v) is 14.4. The predicted molar refractivity (Wildman–Crippen MR) is 93.5 cm³/mol. The molecule has 1 aliphatic heterocycles. The van der Waals surface area contributed by atoms with Crippen molar-refractivity contribution < 1.29 is 9.59 Å². The zero-order valence-electron chi connectivity index (χ0n) is 14.4. The molecule has 1 atom stereocenters. The molecule has 0 bridgehead atoms. The summed E-state index contributed by atoms with van der Waals surface area (Å²) in [5, 5.41) is 3.13. The summed E-state index contributed by atoms with van der Waals surface area (Å²) in [5.41, 5.74) is 1.04. The number of hydrogen-bond acceptors (Lipinski definition) is 2. The molecule has 0 radical (unpaired) electrons. The van der Waals surface area contributed by atoms with Crippen LogP contribution in [0.2, 0.25) is 0 Å². The van der Waals surface area contributed by atoms with Crippen LogP contribution >= 0.6 is 0 Å². The van der Waals surface area contributed by atoms with Gasteiger partial charge in [0.1, 0.15) is 0 Å². The Hall–Kier alpha value is -2.04. The first kappa shape index (κ1) is 16.8. The Labute approximate surface area is 144 Å². The molecule has 1 saturated heterocycles. The van der Waals surface area contributed by atoms with Gasteiger partial charge in [-0.25, -0.2) is 4.79 Å². The summed E-state index contributed by atoms with van der Waals surface area (Å²) in [6.07, 6.45) is 5.26. The van der Waals surface area contributed by atoms with E-state index in [0.29, 0.717) is 18.9 Å². The Bertz CT molecular complexity index is 571. The summed E-state index contributed by atoms with van der Waals surface area (Å²) in [7, 11) is 1.86. The van der Waals surface area contributed by atoms with Crippen molar-refractivity contribution >= 4 is 11.9 Å². The lowest BCUT2D eigenvalue weighted by Gasteiger charge is -2.32. The van der Waals surface area contributed by atoms with E-state index in [1.54, 1.807) is 4.90 Å². The van der Waals surface area contributed by atoms with Gasteiger partial charge in [0.25, 0.3) is 0 Å². The molecule has 3 rings (SSSR count). The molecule has 1 saturated carbocycles. The second-order valence-corrected chi connectivity index (χ2v) is 7.03. The van der Waals surface area contributed by atoms with Crippen LogP contribution < -0.4 is 5.32 Å². The summed E-state index contributed by atoms with van der Waals surface area (Å²) in [4.78, 5) is 28.2. The molecule has 2 fully saturated rings. The van der Waals surface area contributed by atoms with Gasteiger partial charge in [0, 0.05) is 33.1 Å². The van der Waals surface area contributed by atoms with E-state index in [-0.39, 0.29) is 18.0 Å². The molecular formula is C19H27N3O2. The molecule has 0 aromatic heterocycles. The van der Waals surface area contributed by atoms with E-state index >= 15 is 0 Å². The number of benzene rings is 1. The lowest BCUT2D eigenvalue weighted by Crippen LogP contribution is -2.45. The van der Waals surface area contributed by atoms with Crippen LogP contribution in [0.1, 0.15) is 43.7 Å². The van der Waals surface area contributed by atoms with Gasteiger partial charge in [0.2, 0.25) is 5.91 Å². The Morgan fingerprint density at radius 1 is 1.29 bits per heavy atom. The SMILES string of the molecule is CN(CC1CCC1)C(=O)N[C@H](CN1CCCC1=O)c1ccccc1. The average Bonchev–Trinajstić information content (AvgIpc) is 2.96. The first-order valence-corrected chi connectivity index (χ1v) is 8.98. The van der Waals surface area contributed by atoms with Gasteiger partial charge in [-0.05, 0) is 30.7 Å². The summed E-state index contributed by atoms with van der Waals surface area (Å²) in [5.74, 6) is 0.837. The quantitative estimate of drug-likeness (QED) is 0.872. The van der Waals surface area contributed by atoms with Crippen molar-refractivity contribution in [2.24, 2.45) is 5.92 Å². The molecular weight excluding hydrogens is 302 g/mol. The van der Waals surface area contributed by atoms with Crippen molar-refractivity contribution in [2.75, 3.05) is 26.7 Å². The van der Waals surface area contributed by atoms with Gasteiger partial charge in [-0.3, -0.25) is 4.79 Å². The van der Waals surface area contributed by atoms with Crippen LogP contribution in [-0.4, -0.2) is 48.4 Å². The molecule has 0 spiro atoms. The minimum atomic E-state index is -0.162. The van der Waals surface area contributed by atoms with E-state index in [4.69, 9.17) is 0 Å². The van der Waals surface area contributed by atoms with Gasteiger partial charge in [-0.1, -0.05) is 36.8 Å². The third kappa shape index (κ3) is 4.08. The highest BCUT2D eigenvalue weighted by Gasteiger charge is 2.27. The van der Waals surface area contributed by atoms with E-state index in [9.17, 15) is 9.59 Å². The molecule has 0 unspecified atom stereocenters. The third-order valence-electron chi connectivity index (χ3n) is 5.18. The molecule has 1 aromatic rings. The lowest BCUT2D eigenvalue weighted by atomic mass is 9.85. The largest absolute Gasteiger partial charge is 0.340 e. The number of rotatable bonds is 6. The molecule has 5 nitrogen and oxygen atoms in total. The number of likely N-dealkylation sites (tertiary alicyclic amines) is 1. The Morgan fingerprint density at radius 3 is 2.62 bits per heavy atom. The normalized spacial score (nSPS) is 19.0. The number of amides is 3. The van der Waals surface area contributed by atoms with Gasteiger partial charge < -0.3 is 15.1 Å². The van der Waals surface area contributed by atoms with Crippen LogP contribution in [0.15, 0.2) is 30.3 Å². The van der Waals surface area contributed by atoms with Crippen LogP contribution in [0, 0.1) is 5.92 Å². The number of hydrogen-bond donors (Lipinski definition) is 1. The Balaban J connectivity index is 1.64. The van der Waals surface area contributed by atoms with E-state index < -0.39 is 0 Å². The van der Waals surface area contributed by atoms with Gasteiger partial charge in [-0.2, -0.15) is 0 Å². The molecule has 130 valence electrons. The van der Waals surface area contributed by atoms with Crippen LogP contribution in [0.3, 0.4) is 0 Å². The number of nitrogens with one attached hydrogen (secondary N) is 1. The van der Waals surface area contributed by atoms with Gasteiger partial charge in [-0.15, -0.1) is 0 Å². The molecule has 3 amide bonds. The van der Waals surface area contributed by atoms with Crippen molar-refractivity contribution in [3.8, 4) is 0 Å². The molecule has 5 heteroatoms. The van der Waals surface area contributed by atoms with Crippen molar-refractivity contribution in [3.63, 3.8) is 0 Å². The Kier molecular flexibility index (Phi) is 5.38. The number of nitrogens with zero attached hydrogens (tertiary/aromatic N) is 2. The van der Waals surface area contributed by atoms with Crippen LogP contribution in [0.25, 0.3) is 0 Å². The first-order valence-electron chi connectivity index (χ1n) is 8.98. The van der Waals surface area contributed by atoms with Crippen molar-refractivity contribution in [2.45, 2.75) is 38.1 Å². The molecule has 1 aliphatic carbocycles. The topological polar surface area (TPSA) is 52.7 Å². The number of urea groups is 1. The van der Waals surface area contributed by atoms with Crippen LogP contribution in [0.5, 0.6) is 0 Å².